The second kappa shape index (κ2) is 6.41. The van der Waals surface area contributed by atoms with E-state index in [1.165, 1.54) is 13.3 Å². The van der Waals surface area contributed by atoms with Gasteiger partial charge < -0.3 is 9.64 Å². The first-order chi connectivity index (χ1) is 10.0. The van der Waals surface area contributed by atoms with Crippen molar-refractivity contribution in [3.63, 3.8) is 0 Å². The molecule has 0 unspecified atom stereocenters. The van der Waals surface area contributed by atoms with Crippen LogP contribution in [0.5, 0.6) is 0 Å². The third kappa shape index (κ3) is 3.41. The molecule has 0 fully saturated rings. The molecule has 0 radical (unpaired) electrons. The number of aromatic amines is 1. The molecule has 0 saturated heterocycles. The summed E-state index contributed by atoms with van der Waals surface area (Å²) in [6.45, 7) is 0.520. The van der Waals surface area contributed by atoms with Gasteiger partial charge in [-0.25, -0.2) is 9.89 Å². The molecule has 6 nitrogen and oxygen atoms in total. The molecule has 1 N–H and O–H groups in total. The Morgan fingerprint density at radius 1 is 1.38 bits per heavy atom. The van der Waals surface area contributed by atoms with Crippen LogP contribution in [0.1, 0.15) is 15.9 Å². The van der Waals surface area contributed by atoms with Crippen molar-refractivity contribution in [1.82, 2.24) is 10.2 Å². The van der Waals surface area contributed by atoms with Gasteiger partial charge in [0.15, 0.2) is 0 Å². The molecule has 0 spiro atoms. The number of hydrogen-bond donors (Lipinski definition) is 1. The number of ether oxygens (including phenoxy) is 1. The number of methoxy groups -OCH3 is 1. The molecule has 110 valence electrons. The zero-order valence-corrected chi connectivity index (χ0v) is 12.3. The molecule has 7 heteroatoms. The largest absolute Gasteiger partial charge is 0.465 e. The Kier molecular flexibility index (Phi) is 4.59. The van der Waals surface area contributed by atoms with Gasteiger partial charge in [0, 0.05) is 13.6 Å². The smallest absolute Gasteiger partial charge is 0.337 e. The first-order valence-corrected chi connectivity index (χ1v) is 6.52. The number of halogens is 1. The zero-order valence-electron chi connectivity index (χ0n) is 11.6. The minimum atomic E-state index is -0.429. The predicted octanol–water partition coefficient (Wildman–Crippen LogP) is 1.85. The lowest BCUT2D eigenvalue weighted by Crippen LogP contribution is -2.21. The number of hydrogen-bond acceptors (Lipinski definition) is 5. The number of carbonyl (C=O) groups excluding carboxylic acids is 1. The van der Waals surface area contributed by atoms with E-state index in [-0.39, 0.29) is 11.0 Å². The van der Waals surface area contributed by atoms with Crippen LogP contribution >= 0.6 is 11.6 Å². The van der Waals surface area contributed by atoms with Crippen LogP contribution in [-0.2, 0) is 11.3 Å². The number of aromatic nitrogens is 2. The number of nitrogens with zero attached hydrogens (tertiary/aromatic N) is 2. The molecule has 0 aliphatic carbocycles. The van der Waals surface area contributed by atoms with Gasteiger partial charge in [-0.15, -0.1) is 0 Å². The molecule has 0 bridgehead atoms. The molecular formula is C14H14ClN3O3. The standard InChI is InChI=1S/C14H14ClN3O3/c1-18(11-7-16-17-13(19)12(11)15)8-9-3-5-10(6-4-9)14(20)21-2/h3-7H,8H2,1-2H3,(H,17,19). The summed E-state index contributed by atoms with van der Waals surface area (Å²) in [5.74, 6) is -0.378. The van der Waals surface area contributed by atoms with E-state index in [4.69, 9.17) is 11.6 Å². The Labute approximate surface area is 126 Å². The summed E-state index contributed by atoms with van der Waals surface area (Å²) in [6, 6.07) is 7.01. The fourth-order valence-corrected chi connectivity index (χ4v) is 2.10. The maximum atomic E-state index is 11.4. The van der Waals surface area contributed by atoms with Gasteiger partial charge in [0.25, 0.3) is 5.56 Å². The number of H-pyrrole nitrogens is 1. The van der Waals surface area contributed by atoms with E-state index in [9.17, 15) is 9.59 Å². The van der Waals surface area contributed by atoms with Gasteiger partial charge in [-0.05, 0) is 17.7 Å². The van der Waals surface area contributed by atoms with Crippen LogP contribution in [0, 0.1) is 0 Å². The third-order valence-corrected chi connectivity index (χ3v) is 3.35. The molecule has 1 aromatic heterocycles. The molecule has 0 amide bonds. The Balaban J connectivity index is 2.16. The highest BCUT2D eigenvalue weighted by atomic mass is 35.5. The van der Waals surface area contributed by atoms with E-state index in [0.717, 1.165) is 5.56 Å². The molecule has 1 aromatic carbocycles. The molecule has 0 atom stereocenters. The van der Waals surface area contributed by atoms with E-state index < -0.39 is 5.56 Å². The summed E-state index contributed by atoms with van der Waals surface area (Å²) in [5.41, 5.74) is 1.56. The van der Waals surface area contributed by atoms with Gasteiger partial charge in [-0.3, -0.25) is 4.79 Å². The lowest BCUT2D eigenvalue weighted by Gasteiger charge is -2.19. The summed E-state index contributed by atoms with van der Waals surface area (Å²) >= 11 is 5.95. The summed E-state index contributed by atoms with van der Waals surface area (Å²) < 4.78 is 4.64. The van der Waals surface area contributed by atoms with E-state index in [1.54, 1.807) is 24.1 Å². The van der Waals surface area contributed by atoms with Crippen molar-refractivity contribution < 1.29 is 9.53 Å². The van der Waals surface area contributed by atoms with Gasteiger partial charge in [-0.1, -0.05) is 23.7 Å². The average molecular weight is 308 g/mol. The number of benzene rings is 1. The van der Waals surface area contributed by atoms with Crippen LogP contribution in [0.2, 0.25) is 5.02 Å². The van der Waals surface area contributed by atoms with Crippen molar-refractivity contribution in [2.75, 3.05) is 19.1 Å². The fraction of sp³-hybridized carbons (Fsp3) is 0.214. The van der Waals surface area contributed by atoms with E-state index in [2.05, 4.69) is 14.9 Å². The van der Waals surface area contributed by atoms with Gasteiger partial charge in [-0.2, -0.15) is 5.10 Å². The number of carbonyl (C=O) groups is 1. The van der Waals surface area contributed by atoms with Gasteiger partial charge >= 0.3 is 5.97 Å². The molecule has 1 heterocycles. The Morgan fingerprint density at radius 3 is 2.67 bits per heavy atom. The maximum absolute atomic E-state index is 11.4. The number of esters is 1. The minimum Gasteiger partial charge on any atom is -0.465 e. The monoisotopic (exact) mass is 307 g/mol. The highest BCUT2D eigenvalue weighted by Crippen LogP contribution is 2.21. The van der Waals surface area contributed by atoms with Crippen LogP contribution < -0.4 is 10.5 Å². The lowest BCUT2D eigenvalue weighted by atomic mass is 10.1. The Hall–Kier alpha value is -2.34. The van der Waals surface area contributed by atoms with Crippen molar-refractivity contribution >= 4 is 23.3 Å². The third-order valence-electron chi connectivity index (χ3n) is 2.98. The molecule has 2 rings (SSSR count). The molecule has 2 aromatic rings. The van der Waals surface area contributed by atoms with Gasteiger partial charge in [0.1, 0.15) is 5.02 Å². The average Bonchev–Trinajstić information content (AvgIpc) is 2.50. The van der Waals surface area contributed by atoms with Crippen LogP contribution in [-0.4, -0.2) is 30.3 Å². The van der Waals surface area contributed by atoms with E-state index in [1.807, 2.05) is 12.1 Å². The molecule has 0 aliphatic rings. The lowest BCUT2D eigenvalue weighted by molar-refractivity contribution is 0.0600. The summed E-state index contributed by atoms with van der Waals surface area (Å²) in [5, 5.41) is 6.10. The van der Waals surface area contributed by atoms with Crippen molar-refractivity contribution in [2.45, 2.75) is 6.54 Å². The highest BCUT2D eigenvalue weighted by Gasteiger charge is 2.11. The van der Waals surface area contributed by atoms with Crippen LogP contribution in [0.3, 0.4) is 0 Å². The quantitative estimate of drug-likeness (QED) is 0.872. The predicted molar refractivity (Wildman–Crippen MR) is 79.8 cm³/mol. The van der Waals surface area contributed by atoms with E-state index in [0.29, 0.717) is 17.8 Å². The first kappa shape index (κ1) is 15.1. The van der Waals surface area contributed by atoms with Gasteiger partial charge in [0.05, 0.1) is 24.6 Å². The number of rotatable bonds is 4. The Morgan fingerprint density at radius 2 is 2.05 bits per heavy atom. The SMILES string of the molecule is COC(=O)c1ccc(CN(C)c2cn[nH]c(=O)c2Cl)cc1. The van der Waals surface area contributed by atoms with Crippen LogP contribution in [0.15, 0.2) is 35.3 Å². The minimum absolute atomic E-state index is 0.0960. The highest BCUT2D eigenvalue weighted by molar-refractivity contribution is 6.32. The summed E-state index contributed by atoms with van der Waals surface area (Å²) in [4.78, 5) is 24.6. The van der Waals surface area contributed by atoms with E-state index >= 15 is 0 Å². The topological polar surface area (TPSA) is 75.3 Å². The second-order valence-electron chi connectivity index (χ2n) is 4.44. The van der Waals surface area contributed by atoms with Gasteiger partial charge in [0.2, 0.25) is 0 Å². The number of nitrogens with one attached hydrogen (secondary N) is 1. The fourth-order valence-electron chi connectivity index (χ4n) is 1.86. The maximum Gasteiger partial charge on any atom is 0.337 e. The van der Waals surface area contributed by atoms with Crippen molar-refractivity contribution in [1.29, 1.82) is 0 Å². The molecule has 0 saturated carbocycles. The first-order valence-electron chi connectivity index (χ1n) is 6.14. The Bertz CT molecular complexity index is 697. The van der Waals surface area contributed by atoms with Crippen molar-refractivity contribution in [3.05, 3.63) is 57.0 Å². The molecule has 0 aliphatic heterocycles. The summed E-state index contributed by atoms with van der Waals surface area (Å²) in [7, 11) is 3.14. The molecular weight excluding hydrogens is 294 g/mol. The normalized spacial score (nSPS) is 10.2. The molecule has 21 heavy (non-hydrogen) atoms. The van der Waals surface area contributed by atoms with Crippen LogP contribution in [0.25, 0.3) is 0 Å². The van der Waals surface area contributed by atoms with Crippen molar-refractivity contribution in [3.8, 4) is 0 Å². The zero-order chi connectivity index (χ0) is 15.4. The number of anilines is 1. The second-order valence-corrected chi connectivity index (χ2v) is 4.82. The van der Waals surface area contributed by atoms with Crippen molar-refractivity contribution in [2.24, 2.45) is 0 Å². The summed E-state index contributed by atoms with van der Waals surface area (Å²) in [6.07, 6.45) is 1.49. The van der Waals surface area contributed by atoms with Crippen LogP contribution in [0.4, 0.5) is 5.69 Å².